The Hall–Kier alpha value is -2.00. The molecule has 0 aliphatic rings. The third kappa shape index (κ3) is 2.63. The zero-order valence-corrected chi connectivity index (χ0v) is 11.9. The molecule has 0 radical (unpaired) electrons. The molecule has 4 heteroatoms. The van der Waals surface area contributed by atoms with Gasteiger partial charge in [-0.2, -0.15) is 0 Å². The highest BCUT2D eigenvalue weighted by Crippen LogP contribution is 2.19. The third-order valence-corrected chi connectivity index (χ3v) is 3.42. The zero-order valence-electron chi connectivity index (χ0n) is 11.2. The van der Waals surface area contributed by atoms with E-state index in [2.05, 4.69) is 21.0 Å². The summed E-state index contributed by atoms with van der Waals surface area (Å²) in [5.41, 5.74) is 3.14. The number of hydrogen-bond donors (Lipinski definition) is 0. The first-order chi connectivity index (χ1) is 9.76. The van der Waals surface area contributed by atoms with Gasteiger partial charge >= 0.3 is 0 Å². The van der Waals surface area contributed by atoms with Crippen LogP contribution in [-0.4, -0.2) is 15.0 Å². The lowest BCUT2D eigenvalue weighted by molar-refractivity contribution is 0.899. The predicted molar refractivity (Wildman–Crippen MR) is 81.0 cm³/mol. The van der Waals surface area contributed by atoms with Crippen LogP contribution in [0.2, 0.25) is 5.15 Å². The summed E-state index contributed by atoms with van der Waals surface area (Å²) < 4.78 is 0. The van der Waals surface area contributed by atoms with E-state index in [-0.39, 0.29) is 0 Å². The lowest BCUT2D eigenvalue weighted by Gasteiger charge is -2.07. The van der Waals surface area contributed by atoms with Gasteiger partial charge in [-0.05, 0) is 23.8 Å². The molecule has 0 saturated carbocycles. The van der Waals surface area contributed by atoms with E-state index in [9.17, 15) is 0 Å². The Bertz CT molecular complexity index is 750. The van der Waals surface area contributed by atoms with E-state index in [4.69, 9.17) is 11.6 Å². The third-order valence-electron chi connectivity index (χ3n) is 3.22. The van der Waals surface area contributed by atoms with Crippen molar-refractivity contribution < 1.29 is 0 Å². The van der Waals surface area contributed by atoms with Gasteiger partial charge in [0.2, 0.25) is 0 Å². The molecule has 0 spiro atoms. The van der Waals surface area contributed by atoms with Gasteiger partial charge in [-0.1, -0.05) is 36.7 Å². The molecule has 3 nitrogen and oxygen atoms in total. The van der Waals surface area contributed by atoms with Crippen molar-refractivity contribution in [3.63, 3.8) is 0 Å². The number of aryl methyl sites for hydroxylation is 1. The summed E-state index contributed by atoms with van der Waals surface area (Å²) in [5, 5.41) is 1.66. The molecule has 3 aromatic rings. The number of pyridine rings is 1. The summed E-state index contributed by atoms with van der Waals surface area (Å²) in [6, 6.07) is 12.0. The fraction of sp³-hybridized carbons (Fsp3) is 0.188. The second-order valence-corrected chi connectivity index (χ2v) is 5.00. The van der Waals surface area contributed by atoms with Gasteiger partial charge in [0, 0.05) is 30.1 Å². The van der Waals surface area contributed by atoms with Crippen molar-refractivity contribution in [3.8, 4) is 0 Å². The minimum Gasteiger partial charge on any atom is -0.256 e. The standard InChI is InChI=1S/C16H14ClN3/c1-2-16-19-12(10-15(17)20-16)9-11-7-8-18-14-6-4-3-5-13(11)14/h3-8,10H,2,9H2,1H3. The van der Waals surface area contributed by atoms with Gasteiger partial charge in [0.05, 0.1) is 5.52 Å². The minimum absolute atomic E-state index is 0.505. The van der Waals surface area contributed by atoms with Crippen molar-refractivity contribution in [2.45, 2.75) is 19.8 Å². The SMILES string of the molecule is CCc1nc(Cl)cc(Cc2ccnc3ccccc23)n1. The summed E-state index contributed by atoms with van der Waals surface area (Å²) in [7, 11) is 0. The van der Waals surface area contributed by atoms with Crippen molar-refractivity contribution >= 4 is 22.5 Å². The fourth-order valence-electron chi connectivity index (χ4n) is 2.27. The van der Waals surface area contributed by atoms with E-state index in [1.54, 1.807) is 0 Å². The van der Waals surface area contributed by atoms with Crippen molar-refractivity contribution in [1.82, 2.24) is 15.0 Å². The quantitative estimate of drug-likeness (QED) is 0.686. The lowest BCUT2D eigenvalue weighted by atomic mass is 10.0. The fourth-order valence-corrected chi connectivity index (χ4v) is 2.49. The average Bonchev–Trinajstić information content (AvgIpc) is 2.47. The number of benzene rings is 1. The van der Waals surface area contributed by atoms with Crippen molar-refractivity contribution in [2.75, 3.05) is 0 Å². The Morgan fingerprint density at radius 1 is 1.10 bits per heavy atom. The molecule has 0 aliphatic heterocycles. The van der Waals surface area contributed by atoms with Gasteiger partial charge in [-0.3, -0.25) is 4.98 Å². The molecule has 3 rings (SSSR count). The van der Waals surface area contributed by atoms with Crippen LogP contribution >= 0.6 is 11.6 Å². The number of halogens is 1. The van der Waals surface area contributed by atoms with E-state index in [0.717, 1.165) is 35.3 Å². The highest BCUT2D eigenvalue weighted by molar-refractivity contribution is 6.29. The first kappa shape index (κ1) is 13.0. The van der Waals surface area contributed by atoms with Crippen LogP contribution < -0.4 is 0 Å². The van der Waals surface area contributed by atoms with Crippen LogP contribution in [0, 0.1) is 0 Å². The van der Waals surface area contributed by atoms with Gasteiger partial charge in [0.15, 0.2) is 0 Å². The van der Waals surface area contributed by atoms with Gasteiger partial charge in [-0.15, -0.1) is 0 Å². The predicted octanol–water partition coefficient (Wildman–Crippen LogP) is 3.83. The van der Waals surface area contributed by atoms with Crippen molar-refractivity contribution in [1.29, 1.82) is 0 Å². The second kappa shape index (κ2) is 5.55. The molecule has 100 valence electrons. The topological polar surface area (TPSA) is 38.7 Å². The Balaban J connectivity index is 2.03. The Kier molecular flexibility index (Phi) is 3.61. The van der Waals surface area contributed by atoms with Gasteiger partial charge in [0.25, 0.3) is 0 Å². The highest BCUT2D eigenvalue weighted by atomic mass is 35.5. The van der Waals surface area contributed by atoms with E-state index < -0.39 is 0 Å². The molecule has 0 fully saturated rings. The molecule has 0 aliphatic carbocycles. The van der Waals surface area contributed by atoms with Crippen LogP contribution in [0.15, 0.2) is 42.6 Å². The molecule has 0 unspecified atom stereocenters. The monoisotopic (exact) mass is 283 g/mol. The van der Waals surface area contributed by atoms with Crippen molar-refractivity contribution in [3.05, 3.63) is 64.8 Å². The van der Waals surface area contributed by atoms with Crippen LogP contribution in [0.5, 0.6) is 0 Å². The molecule has 20 heavy (non-hydrogen) atoms. The molecule has 1 aromatic carbocycles. The number of fused-ring (bicyclic) bond motifs is 1. The van der Waals surface area contributed by atoms with Gasteiger partial charge in [-0.25, -0.2) is 9.97 Å². The Morgan fingerprint density at radius 2 is 1.95 bits per heavy atom. The molecule has 0 amide bonds. The smallest absolute Gasteiger partial charge is 0.133 e. The second-order valence-electron chi connectivity index (χ2n) is 4.62. The van der Waals surface area contributed by atoms with Crippen LogP contribution in [0.25, 0.3) is 10.9 Å². The van der Waals surface area contributed by atoms with Crippen LogP contribution in [0.4, 0.5) is 0 Å². The first-order valence-corrected chi connectivity index (χ1v) is 6.99. The normalized spacial score (nSPS) is 10.9. The molecule has 2 aromatic heterocycles. The van der Waals surface area contributed by atoms with Crippen LogP contribution in [-0.2, 0) is 12.8 Å². The van der Waals surface area contributed by atoms with Crippen LogP contribution in [0.3, 0.4) is 0 Å². The van der Waals surface area contributed by atoms with E-state index in [0.29, 0.717) is 5.15 Å². The van der Waals surface area contributed by atoms with Gasteiger partial charge in [0.1, 0.15) is 11.0 Å². The Morgan fingerprint density at radius 3 is 2.80 bits per heavy atom. The summed E-state index contributed by atoms with van der Waals surface area (Å²) in [6.45, 7) is 2.03. The summed E-state index contributed by atoms with van der Waals surface area (Å²) in [4.78, 5) is 13.1. The maximum atomic E-state index is 6.05. The average molecular weight is 284 g/mol. The lowest BCUT2D eigenvalue weighted by Crippen LogP contribution is -2.00. The van der Waals surface area contributed by atoms with E-state index in [1.165, 1.54) is 5.56 Å². The molecular formula is C16H14ClN3. The largest absolute Gasteiger partial charge is 0.256 e. The number of rotatable bonds is 3. The molecule has 0 N–H and O–H groups in total. The molecular weight excluding hydrogens is 270 g/mol. The number of nitrogens with zero attached hydrogens (tertiary/aromatic N) is 3. The van der Waals surface area contributed by atoms with Crippen LogP contribution in [0.1, 0.15) is 24.0 Å². The van der Waals surface area contributed by atoms with Crippen molar-refractivity contribution in [2.24, 2.45) is 0 Å². The molecule has 0 atom stereocenters. The molecule has 2 heterocycles. The first-order valence-electron chi connectivity index (χ1n) is 6.61. The van der Waals surface area contributed by atoms with E-state index in [1.807, 2.05) is 43.5 Å². The highest BCUT2D eigenvalue weighted by Gasteiger charge is 2.06. The summed E-state index contributed by atoms with van der Waals surface area (Å²) in [6.07, 6.45) is 3.35. The maximum absolute atomic E-state index is 6.05. The maximum Gasteiger partial charge on any atom is 0.133 e. The summed E-state index contributed by atoms with van der Waals surface area (Å²) in [5.74, 6) is 0.783. The minimum atomic E-state index is 0.505. The number of hydrogen-bond acceptors (Lipinski definition) is 3. The zero-order chi connectivity index (χ0) is 13.9. The summed E-state index contributed by atoms with van der Waals surface area (Å²) >= 11 is 6.05. The van der Waals surface area contributed by atoms with E-state index >= 15 is 0 Å². The Labute approximate surface area is 122 Å². The van der Waals surface area contributed by atoms with Gasteiger partial charge < -0.3 is 0 Å². The molecule has 0 saturated heterocycles. The molecule has 0 bridgehead atoms. The number of aromatic nitrogens is 3. The number of para-hydroxylation sites is 1.